The van der Waals surface area contributed by atoms with Crippen LogP contribution in [0, 0.1) is 3.57 Å². The van der Waals surface area contributed by atoms with Gasteiger partial charge in [0.25, 0.3) is 0 Å². The van der Waals surface area contributed by atoms with Gasteiger partial charge in [-0.05, 0) is 46.4 Å². The second kappa shape index (κ2) is 6.73. The normalized spacial score (nSPS) is 11.6. The number of benzene rings is 2. The maximum atomic E-state index is 12.9. The molecule has 0 unspecified atom stereocenters. The second-order valence-electron chi connectivity index (χ2n) is 5.18. The van der Waals surface area contributed by atoms with Crippen molar-refractivity contribution >= 4 is 49.8 Å². The number of nitrogen functional groups attached to an aromatic ring is 1. The lowest BCUT2D eigenvalue weighted by Gasteiger charge is -2.11. The third-order valence-corrected chi connectivity index (χ3v) is 6.54. The number of aromatic amines is 1. The minimum absolute atomic E-state index is 0.0946. The van der Waals surface area contributed by atoms with Gasteiger partial charge in [0.05, 0.1) is 19.9 Å². The predicted octanol–water partition coefficient (Wildman–Crippen LogP) is 3.89. The molecule has 3 rings (SSSR count). The quantitative estimate of drug-likeness (QED) is 0.563. The van der Waals surface area contributed by atoms with Crippen LogP contribution < -0.4 is 5.73 Å². The molecule has 2 aromatic carbocycles. The summed E-state index contributed by atoms with van der Waals surface area (Å²) in [6, 6.07) is 13.7. The summed E-state index contributed by atoms with van der Waals surface area (Å²) in [5.74, 6) is 0.222. The molecule has 8 heteroatoms. The number of nitrogens with zero attached hydrogens (tertiary/aromatic N) is 1. The van der Waals surface area contributed by atoms with Gasteiger partial charge in [0.15, 0.2) is 15.7 Å². The Morgan fingerprint density at radius 2 is 1.88 bits per heavy atom. The number of halogens is 2. The number of hydrogen-bond acceptors (Lipinski definition) is 4. The number of nitrogens with one attached hydrogen (secondary N) is 1. The average Bonchev–Trinajstić information content (AvgIpc) is 2.87. The first-order valence-corrected chi connectivity index (χ1v) is 10.1. The molecule has 0 atom stereocenters. The van der Waals surface area contributed by atoms with Crippen LogP contribution in [0.1, 0.15) is 5.56 Å². The first-order chi connectivity index (χ1) is 11.4. The van der Waals surface area contributed by atoms with E-state index in [1.165, 1.54) is 6.07 Å². The molecule has 0 spiro atoms. The van der Waals surface area contributed by atoms with Gasteiger partial charge in [-0.2, -0.15) is 5.10 Å². The van der Waals surface area contributed by atoms with Crippen LogP contribution >= 0.6 is 34.2 Å². The van der Waals surface area contributed by atoms with Gasteiger partial charge in [-0.1, -0.05) is 41.9 Å². The van der Waals surface area contributed by atoms with Gasteiger partial charge in [0.1, 0.15) is 0 Å². The van der Waals surface area contributed by atoms with Crippen molar-refractivity contribution in [2.24, 2.45) is 0 Å². The molecule has 5 nitrogen and oxygen atoms in total. The van der Waals surface area contributed by atoms with Crippen molar-refractivity contribution in [1.82, 2.24) is 10.2 Å². The number of rotatable bonds is 4. The highest BCUT2D eigenvalue weighted by atomic mass is 127. The molecule has 1 heterocycles. The molecule has 0 aliphatic rings. The molecular formula is C16H13ClIN3O2S. The first-order valence-electron chi connectivity index (χ1n) is 6.94. The number of sulfone groups is 1. The van der Waals surface area contributed by atoms with E-state index in [1.807, 2.05) is 40.8 Å². The fourth-order valence-corrected chi connectivity index (χ4v) is 4.62. The minimum atomic E-state index is -3.57. The maximum absolute atomic E-state index is 12.9. The topological polar surface area (TPSA) is 88.8 Å². The van der Waals surface area contributed by atoms with Crippen LogP contribution in [0.2, 0.25) is 5.02 Å². The average molecular weight is 474 g/mol. The van der Waals surface area contributed by atoms with Gasteiger partial charge in [-0.3, -0.25) is 5.10 Å². The molecule has 1 aromatic heterocycles. The van der Waals surface area contributed by atoms with Crippen LogP contribution in [-0.2, 0) is 15.6 Å². The molecule has 0 aliphatic heterocycles. The summed E-state index contributed by atoms with van der Waals surface area (Å²) in [5, 5.41) is 7.16. The zero-order chi connectivity index (χ0) is 17.3. The molecule has 0 fully saturated rings. The van der Waals surface area contributed by atoms with E-state index in [-0.39, 0.29) is 10.6 Å². The van der Waals surface area contributed by atoms with Crippen LogP contribution in [-0.4, -0.2) is 18.6 Å². The number of aromatic nitrogens is 2. The summed E-state index contributed by atoms with van der Waals surface area (Å²) in [7, 11) is -3.57. The molecule has 3 N–H and O–H groups in total. The van der Waals surface area contributed by atoms with Crippen LogP contribution in [0.3, 0.4) is 0 Å². The summed E-state index contributed by atoms with van der Waals surface area (Å²) >= 11 is 8.10. The van der Waals surface area contributed by atoms with E-state index in [9.17, 15) is 8.42 Å². The Morgan fingerprint density at radius 1 is 1.17 bits per heavy atom. The van der Waals surface area contributed by atoms with Gasteiger partial charge in [-0.25, -0.2) is 8.42 Å². The van der Waals surface area contributed by atoms with Crippen molar-refractivity contribution in [3.05, 3.63) is 62.7 Å². The van der Waals surface area contributed by atoms with E-state index < -0.39 is 9.84 Å². The number of anilines is 1. The molecule has 24 heavy (non-hydrogen) atoms. The third-order valence-electron chi connectivity index (χ3n) is 3.48. The van der Waals surface area contributed by atoms with E-state index in [4.69, 9.17) is 17.3 Å². The lowest BCUT2D eigenvalue weighted by Crippen LogP contribution is -2.07. The highest BCUT2D eigenvalue weighted by Gasteiger charge is 2.23. The predicted molar refractivity (Wildman–Crippen MR) is 103 cm³/mol. The Labute approximate surface area is 158 Å². The Morgan fingerprint density at radius 3 is 2.50 bits per heavy atom. The fraction of sp³-hybridized carbons (Fsp3) is 0.0625. The molecule has 0 radical (unpaired) electrons. The van der Waals surface area contributed by atoms with E-state index in [0.29, 0.717) is 25.7 Å². The molecule has 0 saturated carbocycles. The highest BCUT2D eigenvalue weighted by molar-refractivity contribution is 14.1. The zero-order valence-electron chi connectivity index (χ0n) is 12.3. The smallest absolute Gasteiger partial charge is 0.183 e. The van der Waals surface area contributed by atoms with Gasteiger partial charge in [-0.15, -0.1) is 0 Å². The molecule has 0 saturated heterocycles. The van der Waals surface area contributed by atoms with Crippen LogP contribution in [0.4, 0.5) is 5.82 Å². The molecule has 0 bridgehead atoms. The van der Waals surface area contributed by atoms with Crippen LogP contribution in [0.5, 0.6) is 0 Å². The third kappa shape index (κ3) is 3.42. The van der Waals surface area contributed by atoms with Crippen molar-refractivity contribution < 1.29 is 8.42 Å². The van der Waals surface area contributed by atoms with Crippen LogP contribution in [0.25, 0.3) is 11.3 Å². The summed E-state index contributed by atoms with van der Waals surface area (Å²) in [5.41, 5.74) is 7.49. The summed E-state index contributed by atoms with van der Waals surface area (Å²) < 4.78 is 26.5. The van der Waals surface area contributed by atoms with Crippen molar-refractivity contribution in [1.29, 1.82) is 0 Å². The van der Waals surface area contributed by atoms with E-state index in [1.54, 1.807) is 24.3 Å². The van der Waals surface area contributed by atoms with E-state index in [0.717, 1.165) is 5.56 Å². The molecule has 3 aromatic rings. The highest BCUT2D eigenvalue weighted by Crippen LogP contribution is 2.34. The Kier molecular flexibility index (Phi) is 4.84. The standard InChI is InChI=1S/C16H13ClIN3O2S/c17-11-6-7-13(12(8-11)15-14(18)16(19)21-20-15)24(22,23)9-10-4-2-1-3-5-10/h1-8H,9H2,(H3,19,20,21). The summed E-state index contributed by atoms with van der Waals surface area (Å²) in [4.78, 5) is 0.192. The number of nitrogens with two attached hydrogens (primary N) is 1. The largest absolute Gasteiger partial charge is 0.381 e. The van der Waals surface area contributed by atoms with Crippen molar-refractivity contribution in [3.63, 3.8) is 0 Å². The molecule has 124 valence electrons. The Balaban J connectivity index is 2.13. The van der Waals surface area contributed by atoms with E-state index >= 15 is 0 Å². The van der Waals surface area contributed by atoms with Gasteiger partial charge >= 0.3 is 0 Å². The van der Waals surface area contributed by atoms with Crippen molar-refractivity contribution in [2.45, 2.75) is 10.6 Å². The number of hydrogen-bond donors (Lipinski definition) is 2. The SMILES string of the molecule is Nc1n[nH]c(-c2cc(Cl)ccc2S(=O)(=O)Cc2ccccc2)c1I. The summed E-state index contributed by atoms with van der Waals surface area (Å²) in [6.07, 6.45) is 0. The van der Waals surface area contributed by atoms with Gasteiger partial charge < -0.3 is 5.73 Å². The van der Waals surface area contributed by atoms with Crippen LogP contribution in [0.15, 0.2) is 53.4 Å². The minimum Gasteiger partial charge on any atom is -0.381 e. The molecular weight excluding hydrogens is 461 g/mol. The fourth-order valence-electron chi connectivity index (χ4n) is 2.36. The molecule has 0 amide bonds. The maximum Gasteiger partial charge on any atom is 0.183 e. The Hall–Kier alpha value is -1.58. The van der Waals surface area contributed by atoms with E-state index in [2.05, 4.69) is 10.2 Å². The lowest BCUT2D eigenvalue weighted by molar-refractivity contribution is 0.595. The van der Waals surface area contributed by atoms with Gasteiger partial charge in [0, 0.05) is 10.6 Å². The Bertz CT molecular complexity index is 988. The molecule has 0 aliphatic carbocycles. The monoisotopic (exact) mass is 473 g/mol. The first kappa shape index (κ1) is 17.2. The second-order valence-corrected chi connectivity index (χ2v) is 8.66. The zero-order valence-corrected chi connectivity index (χ0v) is 16.1. The lowest BCUT2D eigenvalue weighted by atomic mass is 10.1. The number of H-pyrrole nitrogens is 1. The van der Waals surface area contributed by atoms with Gasteiger partial charge in [0.2, 0.25) is 0 Å². The van der Waals surface area contributed by atoms with Crippen molar-refractivity contribution in [3.8, 4) is 11.3 Å². The summed E-state index contributed by atoms with van der Waals surface area (Å²) in [6.45, 7) is 0. The van der Waals surface area contributed by atoms with Crippen molar-refractivity contribution in [2.75, 3.05) is 5.73 Å².